The highest BCUT2D eigenvalue weighted by Gasteiger charge is 2.08. The molecule has 1 aromatic heterocycles. The first-order valence-electron chi connectivity index (χ1n) is 8.92. The van der Waals surface area contributed by atoms with Gasteiger partial charge in [0.25, 0.3) is 0 Å². The molecule has 2 aromatic rings. The second-order valence-corrected chi connectivity index (χ2v) is 6.04. The van der Waals surface area contributed by atoms with Gasteiger partial charge in [-0.15, -0.1) is 0 Å². The zero-order chi connectivity index (χ0) is 18.1. The molecule has 0 aliphatic rings. The number of hydrogen-bond donors (Lipinski definition) is 3. The zero-order valence-corrected chi connectivity index (χ0v) is 15.8. The molecule has 0 radical (unpaired) electrons. The van der Waals surface area contributed by atoms with Crippen LogP contribution >= 0.6 is 0 Å². The number of nitrogens with zero attached hydrogens (tertiary/aromatic N) is 3. The molecule has 0 unspecified atom stereocenters. The molecular formula is C19H30N6. The van der Waals surface area contributed by atoms with Crippen molar-refractivity contribution in [2.75, 3.05) is 25.0 Å². The van der Waals surface area contributed by atoms with Crippen molar-refractivity contribution >= 4 is 11.6 Å². The third-order valence-corrected chi connectivity index (χ3v) is 4.15. The molecule has 0 spiro atoms. The Morgan fingerprint density at radius 1 is 1.12 bits per heavy atom. The van der Waals surface area contributed by atoms with Crippen LogP contribution in [0.25, 0.3) is 0 Å². The summed E-state index contributed by atoms with van der Waals surface area (Å²) in [4.78, 5) is 4.70. The topological polar surface area (TPSA) is 66.3 Å². The van der Waals surface area contributed by atoms with Crippen molar-refractivity contribution in [2.24, 2.45) is 12.0 Å². The maximum absolute atomic E-state index is 4.70. The molecule has 1 aromatic carbocycles. The lowest BCUT2D eigenvalue weighted by molar-refractivity contribution is 0.729. The van der Waals surface area contributed by atoms with Gasteiger partial charge >= 0.3 is 0 Å². The van der Waals surface area contributed by atoms with Crippen LogP contribution in [0.2, 0.25) is 0 Å². The van der Waals surface area contributed by atoms with Gasteiger partial charge in [-0.3, -0.25) is 4.68 Å². The Labute approximate surface area is 150 Å². The van der Waals surface area contributed by atoms with E-state index in [1.54, 1.807) is 0 Å². The van der Waals surface area contributed by atoms with Gasteiger partial charge in [-0.2, -0.15) is 5.10 Å². The SMILES string of the molecule is CCNC(=NCc1c(C)nn(C)c1C)NCCCNc1ccccc1. The number of rotatable bonds is 8. The van der Waals surface area contributed by atoms with Gasteiger partial charge in [0.05, 0.1) is 12.2 Å². The Balaban J connectivity index is 1.79. The monoisotopic (exact) mass is 342 g/mol. The minimum Gasteiger partial charge on any atom is -0.385 e. The maximum Gasteiger partial charge on any atom is 0.191 e. The van der Waals surface area contributed by atoms with E-state index in [1.165, 1.54) is 11.3 Å². The van der Waals surface area contributed by atoms with Crippen molar-refractivity contribution in [2.45, 2.75) is 33.7 Å². The van der Waals surface area contributed by atoms with Gasteiger partial charge in [-0.1, -0.05) is 18.2 Å². The van der Waals surface area contributed by atoms with Crippen LogP contribution in [0.4, 0.5) is 5.69 Å². The van der Waals surface area contributed by atoms with Gasteiger partial charge in [0.15, 0.2) is 5.96 Å². The van der Waals surface area contributed by atoms with Crippen LogP contribution in [0.1, 0.15) is 30.3 Å². The van der Waals surface area contributed by atoms with Crippen LogP contribution in [0.5, 0.6) is 0 Å². The summed E-state index contributed by atoms with van der Waals surface area (Å²) < 4.78 is 1.91. The van der Waals surface area contributed by atoms with Gasteiger partial charge in [-0.25, -0.2) is 4.99 Å². The van der Waals surface area contributed by atoms with Gasteiger partial charge in [-0.05, 0) is 39.3 Å². The van der Waals surface area contributed by atoms with Gasteiger partial charge in [0, 0.05) is 43.6 Å². The summed E-state index contributed by atoms with van der Waals surface area (Å²) >= 11 is 0. The van der Waals surface area contributed by atoms with Crippen LogP contribution in [0.3, 0.4) is 0 Å². The van der Waals surface area contributed by atoms with Crippen molar-refractivity contribution in [3.8, 4) is 0 Å². The second kappa shape index (κ2) is 9.71. The van der Waals surface area contributed by atoms with Crippen molar-refractivity contribution in [1.82, 2.24) is 20.4 Å². The molecule has 0 saturated carbocycles. The molecule has 3 N–H and O–H groups in total. The van der Waals surface area contributed by atoms with Crippen molar-refractivity contribution in [1.29, 1.82) is 0 Å². The lowest BCUT2D eigenvalue weighted by atomic mass is 10.2. The van der Waals surface area contributed by atoms with Crippen molar-refractivity contribution in [3.63, 3.8) is 0 Å². The maximum atomic E-state index is 4.70. The van der Waals surface area contributed by atoms with E-state index in [2.05, 4.69) is 47.0 Å². The van der Waals surface area contributed by atoms with Crippen molar-refractivity contribution < 1.29 is 0 Å². The van der Waals surface area contributed by atoms with E-state index < -0.39 is 0 Å². The van der Waals surface area contributed by atoms with E-state index >= 15 is 0 Å². The van der Waals surface area contributed by atoms with E-state index in [4.69, 9.17) is 4.99 Å². The first-order valence-corrected chi connectivity index (χ1v) is 8.92. The van der Waals surface area contributed by atoms with Crippen LogP contribution < -0.4 is 16.0 Å². The molecule has 6 heteroatoms. The third kappa shape index (κ3) is 5.81. The highest BCUT2D eigenvalue weighted by molar-refractivity contribution is 5.79. The summed E-state index contributed by atoms with van der Waals surface area (Å²) in [5.41, 5.74) is 4.58. The molecular weight excluding hydrogens is 312 g/mol. The molecule has 0 fully saturated rings. The fourth-order valence-corrected chi connectivity index (χ4v) is 2.63. The summed E-state index contributed by atoms with van der Waals surface area (Å²) in [6.45, 7) is 9.48. The molecule has 0 aliphatic carbocycles. The van der Waals surface area contributed by atoms with E-state index in [1.807, 2.05) is 36.9 Å². The molecule has 2 rings (SSSR count). The molecule has 0 atom stereocenters. The molecule has 0 amide bonds. The normalized spacial score (nSPS) is 11.4. The van der Waals surface area contributed by atoms with Gasteiger partial charge < -0.3 is 16.0 Å². The first-order chi connectivity index (χ1) is 12.1. The highest BCUT2D eigenvalue weighted by atomic mass is 15.3. The van der Waals surface area contributed by atoms with Crippen LogP contribution in [0.15, 0.2) is 35.3 Å². The van der Waals surface area contributed by atoms with Gasteiger partial charge in [0.1, 0.15) is 0 Å². The third-order valence-electron chi connectivity index (χ3n) is 4.15. The zero-order valence-electron chi connectivity index (χ0n) is 15.8. The predicted molar refractivity (Wildman–Crippen MR) is 105 cm³/mol. The molecule has 136 valence electrons. The lowest BCUT2D eigenvalue weighted by Gasteiger charge is -2.12. The van der Waals surface area contributed by atoms with Crippen LogP contribution in [-0.2, 0) is 13.6 Å². The average Bonchev–Trinajstić information content (AvgIpc) is 2.85. The number of anilines is 1. The van der Waals surface area contributed by atoms with Crippen molar-refractivity contribution in [3.05, 3.63) is 47.3 Å². The molecule has 0 saturated heterocycles. The number of aromatic nitrogens is 2. The summed E-state index contributed by atoms with van der Waals surface area (Å²) in [7, 11) is 1.97. The summed E-state index contributed by atoms with van der Waals surface area (Å²) in [5.74, 6) is 0.852. The quantitative estimate of drug-likeness (QED) is 0.392. The lowest BCUT2D eigenvalue weighted by Crippen LogP contribution is -2.38. The Morgan fingerprint density at radius 2 is 1.88 bits per heavy atom. The Kier molecular flexibility index (Phi) is 7.32. The molecule has 6 nitrogen and oxygen atoms in total. The number of aryl methyl sites for hydroxylation is 2. The summed E-state index contributed by atoms with van der Waals surface area (Å²) in [5, 5.41) is 14.6. The molecule has 25 heavy (non-hydrogen) atoms. The summed E-state index contributed by atoms with van der Waals surface area (Å²) in [6, 6.07) is 10.3. The fourth-order valence-electron chi connectivity index (χ4n) is 2.63. The molecule has 1 heterocycles. The molecule has 0 bridgehead atoms. The summed E-state index contributed by atoms with van der Waals surface area (Å²) in [6.07, 6.45) is 1.02. The number of para-hydroxylation sites is 1. The van der Waals surface area contributed by atoms with E-state index in [0.29, 0.717) is 6.54 Å². The number of nitrogens with one attached hydrogen (secondary N) is 3. The van der Waals surface area contributed by atoms with E-state index in [-0.39, 0.29) is 0 Å². The highest BCUT2D eigenvalue weighted by Crippen LogP contribution is 2.12. The van der Waals surface area contributed by atoms with Crippen LogP contribution in [-0.4, -0.2) is 35.4 Å². The van der Waals surface area contributed by atoms with Gasteiger partial charge in [0.2, 0.25) is 0 Å². The number of hydrogen-bond acceptors (Lipinski definition) is 3. The number of guanidine groups is 1. The Bertz CT molecular complexity index is 675. The minimum absolute atomic E-state index is 0.642. The standard InChI is InChI=1S/C19H30N6/c1-5-20-19(23-14-18-15(2)24-25(4)16(18)3)22-13-9-12-21-17-10-7-6-8-11-17/h6-8,10-11,21H,5,9,12-14H2,1-4H3,(H2,20,22,23). The number of benzene rings is 1. The van der Waals surface area contributed by atoms with Crippen LogP contribution in [0, 0.1) is 13.8 Å². The number of aliphatic imine (C=N–C) groups is 1. The second-order valence-electron chi connectivity index (χ2n) is 6.04. The predicted octanol–water partition coefficient (Wildman–Crippen LogP) is 2.59. The smallest absolute Gasteiger partial charge is 0.191 e. The average molecular weight is 342 g/mol. The molecule has 0 aliphatic heterocycles. The minimum atomic E-state index is 0.642. The Hall–Kier alpha value is -2.50. The Morgan fingerprint density at radius 3 is 2.52 bits per heavy atom. The van der Waals surface area contributed by atoms with E-state index in [9.17, 15) is 0 Å². The largest absolute Gasteiger partial charge is 0.385 e. The first kappa shape index (κ1) is 18.8. The fraction of sp³-hybridized carbons (Fsp3) is 0.474. The van der Waals surface area contributed by atoms with E-state index in [0.717, 1.165) is 43.4 Å².